The second-order valence-corrected chi connectivity index (χ2v) is 7.68. The van der Waals surface area contributed by atoms with E-state index >= 15 is 0 Å². The van der Waals surface area contributed by atoms with Crippen molar-refractivity contribution in [1.82, 2.24) is 4.90 Å². The summed E-state index contributed by atoms with van der Waals surface area (Å²) in [6.45, 7) is 7.82. The molecule has 5 heteroatoms. The van der Waals surface area contributed by atoms with E-state index in [-0.39, 0.29) is 5.91 Å². The highest BCUT2D eigenvalue weighted by atomic mass is 32.2. The maximum absolute atomic E-state index is 11.9. The van der Waals surface area contributed by atoms with Gasteiger partial charge in [-0.05, 0) is 31.2 Å². The minimum atomic E-state index is 0.0630. The monoisotopic (exact) mass is 307 g/mol. The molecule has 1 saturated heterocycles. The van der Waals surface area contributed by atoms with E-state index in [2.05, 4.69) is 35.8 Å². The van der Waals surface area contributed by atoms with Gasteiger partial charge in [0.25, 0.3) is 0 Å². The lowest BCUT2D eigenvalue weighted by Gasteiger charge is -2.34. The molecule has 0 radical (unpaired) electrons. The van der Waals surface area contributed by atoms with Crippen molar-refractivity contribution in [1.29, 1.82) is 0 Å². The molecule has 1 aromatic rings. The van der Waals surface area contributed by atoms with Crippen molar-refractivity contribution in [3.8, 4) is 0 Å². The average molecular weight is 307 g/mol. The SMILES string of the molecule is CC1CN(CCCC(=O)Nc2cccc(N)c2)CC(C)S1. The minimum Gasteiger partial charge on any atom is -0.399 e. The molecule has 2 atom stereocenters. The number of nitrogens with zero attached hydrogens (tertiary/aromatic N) is 1. The number of carbonyl (C=O) groups is 1. The molecule has 0 aliphatic carbocycles. The molecule has 1 aliphatic heterocycles. The first-order valence-electron chi connectivity index (χ1n) is 7.56. The fourth-order valence-corrected chi connectivity index (χ4v) is 4.16. The summed E-state index contributed by atoms with van der Waals surface area (Å²) in [5, 5.41) is 4.28. The number of nitrogens with two attached hydrogens (primary N) is 1. The number of nitrogen functional groups attached to an aromatic ring is 1. The molecule has 1 fully saturated rings. The van der Waals surface area contributed by atoms with Crippen LogP contribution in [0.4, 0.5) is 11.4 Å². The summed E-state index contributed by atoms with van der Waals surface area (Å²) in [7, 11) is 0. The van der Waals surface area contributed by atoms with Crippen molar-refractivity contribution in [2.24, 2.45) is 0 Å². The van der Waals surface area contributed by atoms with Crippen molar-refractivity contribution >= 4 is 29.0 Å². The van der Waals surface area contributed by atoms with Crippen LogP contribution in [0.2, 0.25) is 0 Å². The quantitative estimate of drug-likeness (QED) is 0.821. The lowest BCUT2D eigenvalue weighted by Crippen LogP contribution is -2.40. The molecule has 1 aliphatic rings. The molecule has 0 aromatic heterocycles. The van der Waals surface area contributed by atoms with E-state index in [1.54, 1.807) is 6.07 Å². The molecule has 1 aromatic carbocycles. The lowest BCUT2D eigenvalue weighted by molar-refractivity contribution is -0.116. The molecule has 0 spiro atoms. The van der Waals surface area contributed by atoms with Crippen molar-refractivity contribution in [2.75, 3.05) is 30.7 Å². The number of amides is 1. The van der Waals surface area contributed by atoms with E-state index in [1.807, 2.05) is 18.2 Å². The summed E-state index contributed by atoms with van der Waals surface area (Å²) in [5.41, 5.74) is 7.14. The van der Waals surface area contributed by atoms with Gasteiger partial charge in [-0.25, -0.2) is 0 Å². The standard InChI is InChI=1S/C16H25N3OS/c1-12-10-19(11-13(2)21-12)8-4-7-16(20)18-15-6-3-5-14(17)9-15/h3,5-6,9,12-13H,4,7-8,10-11,17H2,1-2H3,(H,18,20). The number of hydrogen-bond donors (Lipinski definition) is 2. The highest BCUT2D eigenvalue weighted by molar-refractivity contribution is 8.00. The number of thioether (sulfide) groups is 1. The fraction of sp³-hybridized carbons (Fsp3) is 0.562. The summed E-state index contributed by atoms with van der Waals surface area (Å²) in [5.74, 6) is 0.0630. The lowest BCUT2D eigenvalue weighted by atomic mass is 10.2. The van der Waals surface area contributed by atoms with Crippen molar-refractivity contribution in [2.45, 2.75) is 37.2 Å². The van der Waals surface area contributed by atoms with Gasteiger partial charge in [-0.1, -0.05) is 19.9 Å². The van der Waals surface area contributed by atoms with Crippen LogP contribution in [0.5, 0.6) is 0 Å². The Balaban J connectivity index is 1.69. The summed E-state index contributed by atoms with van der Waals surface area (Å²) in [6.07, 6.45) is 1.46. The number of carbonyl (C=O) groups excluding carboxylic acids is 1. The zero-order chi connectivity index (χ0) is 15.2. The van der Waals surface area contributed by atoms with Gasteiger partial charge in [0.2, 0.25) is 5.91 Å². The fourth-order valence-electron chi connectivity index (χ4n) is 2.77. The largest absolute Gasteiger partial charge is 0.399 e. The normalized spacial score (nSPS) is 23.0. The van der Waals surface area contributed by atoms with Gasteiger partial charge in [0.05, 0.1) is 0 Å². The second-order valence-electron chi connectivity index (χ2n) is 5.79. The molecular weight excluding hydrogens is 282 g/mol. The molecule has 3 N–H and O–H groups in total. The first kappa shape index (κ1) is 16.2. The number of nitrogens with one attached hydrogen (secondary N) is 1. The Bertz CT molecular complexity index is 470. The number of benzene rings is 1. The molecule has 116 valence electrons. The van der Waals surface area contributed by atoms with Crippen molar-refractivity contribution < 1.29 is 4.79 Å². The van der Waals surface area contributed by atoms with Gasteiger partial charge in [0.1, 0.15) is 0 Å². The molecular formula is C16H25N3OS. The highest BCUT2D eigenvalue weighted by Gasteiger charge is 2.21. The van der Waals surface area contributed by atoms with Crippen LogP contribution >= 0.6 is 11.8 Å². The van der Waals surface area contributed by atoms with E-state index in [0.717, 1.165) is 31.7 Å². The maximum Gasteiger partial charge on any atom is 0.224 e. The van der Waals surface area contributed by atoms with E-state index in [0.29, 0.717) is 22.6 Å². The van der Waals surface area contributed by atoms with E-state index in [1.165, 1.54) is 0 Å². The van der Waals surface area contributed by atoms with Crippen LogP contribution in [0.1, 0.15) is 26.7 Å². The second kappa shape index (κ2) is 7.71. The van der Waals surface area contributed by atoms with Gasteiger partial charge in [-0.3, -0.25) is 4.79 Å². The number of anilines is 2. The molecule has 21 heavy (non-hydrogen) atoms. The number of rotatable bonds is 5. The van der Waals surface area contributed by atoms with E-state index in [9.17, 15) is 4.79 Å². The van der Waals surface area contributed by atoms with Gasteiger partial charge >= 0.3 is 0 Å². The molecule has 0 saturated carbocycles. The third-order valence-electron chi connectivity index (χ3n) is 3.54. The predicted octanol–water partition coefficient (Wildman–Crippen LogP) is 2.81. The summed E-state index contributed by atoms with van der Waals surface area (Å²) in [6, 6.07) is 7.30. The van der Waals surface area contributed by atoms with Crippen molar-refractivity contribution in [3.05, 3.63) is 24.3 Å². The van der Waals surface area contributed by atoms with Crippen LogP contribution in [0.25, 0.3) is 0 Å². The summed E-state index contributed by atoms with van der Waals surface area (Å²) in [4.78, 5) is 14.4. The molecule has 1 heterocycles. The van der Waals surface area contributed by atoms with Crippen LogP contribution < -0.4 is 11.1 Å². The zero-order valence-electron chi connectivity index (χ0n) is 12.8. The van der Waals surface area contributed by atoms with Crippen LogP contribution in [0.15, 0.2) is 24.3 Å². The van der Waals surface area contributed by atoms with Crippen LogP contribution in [-0.2, 0) is 4.79 Å². The van der Waals surface area contributed by atoms with E-state index in [4.69, 9.17) is 5.73 Å². The van der Waals surface area contributed by atoms with Crippen LogP contribution in [-0.4, -0.2) is 40.9 Å². The predicted molar refractivity (Wildman–Crippen MR) is 91.7 cm³/mol. The molecule has 2 rings (SSSR count). The average Bonchev–Trinajstić information content (AvgIpc) is 2.37. The molecule has 4 nitrogen and oxygen atoms in total. The first-order chi connectivity index (χ1) is 10.0. The van der Waals surface area contributed by atoms with E-state index < -0.39 is 0 Å². The Kier molecular flexibility index (Phi) is 5.94. The van der Waals surface area contributed by atoms with Crippen LogP contribution in [0, 0.1) is 0 Å². The number of hydrogen-bond acceptors (Lipinski definition) is 4. The third kappa shape index (κ3) is 5.59. The molecule has 2 unspecified atom stereocenters. The Morgan fingerprint density at radius 3 is 2.76 bits per heavy atom. The summed E-state index contributed by atoms with van der Waals surface area (Å²) >= 11 is 2.06. The van der Waals surface area contributed by atoms with Gasteiger partial charge in [-0.15, -0.1) is 0 Å². The highest BCUT2D eigenvalue weighted by Crippen LogP contribution is 2.24. The molecule has 1 amide bonds. The van der Waals surface area contributed by atoms with Gasteiger partial charge in [0.15, 0.2) is 0 Å². The first-order valence-corrected chi connectivity index (χ1v) is 8.50. The van der Waals surface area contributed by atoms with Gasteiger partial charge in [0, 0.05) is 41.4 Å². The Morgan fingerprint density at radius 1 is 1.38 bits per heavy atom. The minimum absolute atomic E-state index is 0.0630. The maximum atomic E-state index is 11.9. The zero-order valence-corrected chi connectivity index (χ0v) is 13.7. The Hall–Kier alpha value is -1.20. The third-order valence-corrected chi connectivity index (χ3v) is 4.77. The smallest absolute Gasteiger partial charge is 0.224 e. The Labute approximate surface area is 131 Å². The Morgan fingerprint density at radius 2 is 2.10 bits per heavy atom. The van der Waals surface area contributed by atoms with Crippen LogP contribution in [0.3, 0.4) is 0 Å². The summed E-state index contributed by atoms with van der Waals surface area (Å²) < 4.78 is 0. The van der Waals surface area contributed by atoms with Gasteiger partial charge < -0.3 is 16.0 Å². The van der Waals surface area contributed by atoms with Crippen molar-refractivity contribution in [3.63, 3.8) is 0 Å². The molecule has 0 bridgehead atoms. The van der Waals surface area contributed by atoms with Gasteiger partial charge in [-0.2, -0.15) is 11.8 Å². The topological polar surface area (TPSA) is 58.4 Å².